The van der Waals surface area contributed by atoms with Gasteiger partial charge in [-0.2, -0.15) is 0 Å². The van der Waals surface area contributed by atoms with Crippen molar-refractivity contribution in [3.05, 3.63) is 0 Å². The van der Waals surface area contributed by atoms with Gasteiger partial charge in [0, 0.05) is 0 Å². The minimum absolute atomic E-state index is 0.0556. The fourth-order valence-electron chi connectivity index (χ4n) is 0. The number of hydrogen-bond acceptors (Lipinski definition) is 2. The van der Waals surface area contributed by atoms with Crippen molar-refractivity contribution in [2.24, 2.45) is 0 Å². The van der Waals surface area contributed by atoms with Gasteiger partial charge in [0.15, 0.2) is 0 Å². The molecular weight excluding hydrogens is 266 g/mol. The van der Waals surface area contributed by atoms with Crippen LogP contribution in [0.2, 0.25) is 0 Å². The van der Waals surface area contributed by atoms with E-state index in [2.05, 4.69) is 0 Å². The van der Waals surface area contributed by atoms with E-state index in [4.69, 9.17) is 6.49 Å². The van der Waals surface area contributed by atoms with Gasteiger partial charge in [-0.1, -0.05) is 0 Å². The molecule has 0 saturated heterocycles. The molecule has 0 aliphatic heterocycles. The molecule has 0 rings (SSSR count). The molecule has 20 valence electrons. The van der Waals surface area contributed by atoms with Gasteiger partial charge in [-0.25, -0.2) is 0 Å². The van der Waals surface area contributed by atoms with Crippen LogP contribution in [0.3, 0.4) is 0 Å². The Hall–Kier alpha value is 1.05. The summed E-state index contributed by atoms with van der Waals surface area (Å²) in [4.78, 5) is 0. The fourth-order valence-corrected chi connectivity index (χ4v) is 0. The molecule has 0 amide bonds. The second-order valence-corrected chi connectivity index (χ2v) is 0. The van der Waals surface area contributed by atoms with Gasteiger partial charge in [-0.15, -0.1) is 0 Å². The predicted molar refractivity (Wildman–Crippen MR) is 14.3 cm³/mol. The van der Waals surface area contributed by atoms with Crippen LogP contribution in [0, 0.1) is 0 Å². The summed E-state index contributed by atoms with van der Waals surface area (Å²) in [6.07, 6.45) is 0. The Bertz CT molecular complexity index is 8.00. The van der Waals surface area contributed by atoms with Crippen LogP contribution in [0.4, 0.5) is 0 Å². The molecule has 2 radical (unpaired) electrons. The van der Waals surface area contributed by atoms with Gasteiger partial charge in [0.1, 0.15) is 0 Å². The quantitative estimate of drug-likeness (QED) is 0.513. The Kier molecular flexibility index (Phi) is 75.7. The van der Waals surface area contributed by atoms with Crippen molar-refractivity contribution >= 4 is 42.0 Å². The minimum atomic E-state index is 0.0556. The van der Waals surface area contributed by atoms with Crippen molar-refractivity contribution < 1.29 is 6.49 Å². The molecule has 0 fully saturated rings. The summed E-state index contributed by atoms with van der Waals surface area (Å²) >= 11 is 0.667. The maximum absolute atomic E-state index is 8.39. The molecule has 0 N–H and O–H groups in total. The normalized spacial score (nSPS) is 1.75. The second-order valence-electron chi connectivity index (χ2n) is 0. The number of rotatable bonds is 0. The molecule has 0 bridgehead atoms. The molecule has 0 aromatic rings. The van der Waals surface area contributed by atoms with Crippen LogP contribution >= 0.6 is 0 Å². The molecule has 0 aliphatic rings. The molecule has 4 heavy (non-hydrogen) atoms. The van der Waals surface area contributed by atoms with Crippen molar-refractivity contribution in [1.29, 1.82) is 0 Å². The molecule has 4 heteroatoms. The van der Waals surface area contributed by atoms with Crippen LogP contribution in [0.1, 0.15) is 0 Å². The zero-order valence-electron chi connectivity index (χ0n) is 2.02. The van der Waals surface area contributed by atoms with Crippen molar-refractivity contribution in [2.45, 2.75) is 0 Å². The number of hydrogen-bond donors (Lipinski definition) is 0. The second kappa shape index (κ2) is 34.0. The van der Waals surface area contributed by atoms with Crippen molar-refractivity contribution in [3.8, 4) is 0 Å². The standard InChI is InChI=1S/Al.2O.Pb.H. The summed E-state index contributed by atoms with van der Waals surface area (Å²) < 4.78 is 16.7. The van der Waals surface area contributed by atoms with Crippen LogP contribution in [-0.4, -0.2) is 42.0 Å². The van der Waals surface area contributed by atoms with Gasteiger partial charge in [0.2, 0.25) is 0 Å². The van der Waals surface area contributed by atoms with E-state index in [-0.39, 0.29) is 25.8 Å². The molecular formula is HAlO2Pb. The first-order chi connectivity index (χ1) is 2.00. The van der Waals surface area contributed by atoms with E-state index in [1.54, 1.807) is 0 Å². The van der Waals surface area contributed by atoms with E-state index < -0.39 is 0 Å². The average molecular weight is 267 g/mol. The third-order valence-corrected chi connectivity index (χ3v) is 0. The van der Waals surface area contributed by atoms with Gasteiger partial charge >= 0.3 is 48.5 Å². The van der Waals surface area contributed by atoms with E-state index in [0.717, 1.165) is 0 Å². The SMILES string of the molecule is [O]=[AlH].[O]=[Pb]. The van der Waals surface area contributed by atoms with Gasteiger partial charge in [0.05, 0.1) is 0 Å². The summed E-state index contributed by atoms with van der Waals surface area (Å²) in [5, 5.41) is 0. The Morgan fingerprint density at radius 2 is 1.25 bits per heavy atom. The predicted octanol–water partition coefficient (Wildman–Crippen LogP) is -1.27. The van der Waals surface area contributed by atoms with Gasteiger partial charge in [-0.3, -0.25) is 0 Å². The van der Waals surface area contributed by atoms with Crippen molar-refractivity contribution in [2.75, 3.05) is 0 Å². The molecule has 0 saturated carbocycles. The molecule has 0 aliphatic carbocycles. The zero-order valence-corrected chi connectivity index (χ0v) is 7.33. The average Bonchev–Trinajstić information content (AvgIpc) is 1.50. The fraction of sp³-hybridized carbons (Fsp3) is 0. The van der Waals surface area contributed by atoms with Crippen LogP contribution < -0.4 is 0 Å². The molecule has 0 heterocycles. The summed E-state index contributed by atoms with van der Waals surface area (Å²) in [5.41, 5.74) is 0. The van der Waals surface area contributed by atoms with Gasteiger partial charge in [0.25, 0.3) is 0 Å². The first-order valence-corrected chi connectivity index (χ1v) is 2.66. The van der Waals surface area contributed by atoms with E-state index in [0.29, 0.717) is 16.2 Å². The molecule has 0 unspecified atom stereocenters. The summed E-state index contributed by atoms with van der Waals surface area (Å²) in [6, 6.07) is 0. The van der Waals surface area contributed by atoms with Crippen molar-refractivity contribution in [1.82, 2.24) is 0 Å². The zero-order chi connectivity index (χ0) is 4.00. The molecule has 2 nitrogen and oxygen atoms in total. The van der Waals surface area contributed by atoms with Gasteiger partial charge in [-0.05, 0) is 0 Å². The van der Waals surface area contributed by atoms with Crippen LogP contribution in [-0.2, 0) is 6.49 Å². The van der Waals surface area contributed by atoms with E-state index in [1.165, 1.54) is 0 Å². The van der Waals surface area contributed by atoms with Crippen LogP contribution in [0.25, 0.3) is 0 Å². The van der Waals surface area contributed by atoms with Crippen molar-refractivity contribution in [3.63, 3.8) is 0 Å². The summed E-state index contributed by atoms with van der Waals surface area (Å²) in [5.74, 6) is 0. The maximum atomic E-state index is 8.39. The monoisotopic (exact) mass is 268 g/mol. The Balaban J connectivity index is 0. The third-order valence-electron chi connectivity index (χ3n) is 0. The van der Waals surface area contributed by atoms with E-state index in [9.17, 15) is 0 Å². The van der Waals surface area contributed by atoms with Crippen LogP contribution in [0.15, 0.2) is 0 Å². The summed E-state index contributed by atoms with van der Waals surface area (Å²) in [6.45, 7) is 0. The Morgan fingerprint density at radius 3 is 1.25 bits per heavy atom. The molecule has 0 aromatic carbocycles. The topological polar surface area (TPSA) is 34.1 Å². The van der Waals surface area contributed by atoms with E-state index in [1.807, 2.05) is 0 Å². The summed E-state index contributed by atoms with van der Waals surface area (Å²) in [7, 11) is 0. The molecule has 0 atom stereocenters. The van der Waals surface area contributed by atoms with Gasteiger partial charge < -0.3 is 0 Å². The van der Waals surface area contributed by atoms with E-state index >= 15 is 0 Å². The van der Waals surface area contributed by atoms with Crippen LogP contribution in [0.5, 0.6) is 0 Å². The third kappa shape index (κ3) is 11.6. The molecule has 0 aromatic heterocycles. The first-order valence-electron chi connectivity index (χ1n) is 0.493. The Morgan fingerprint density at radius 1 is 1.25 bits per heavy atom. The first kappa shape index (κ1) is 8.91. The Labute approximate surface area is 48.4 Å². The molecule has 0 spiro atoms.